The Kier molecular flexibility index (Phi) is 7.29. The van der Waals surface area contributed by atoms with Gasteiger partial charge in [0.05, 0.1) is 11.6 Å². The van der Waals surface area contributed by atoms with Crippen molar-refractivity contribution in [1.29, 1.82) is 0 Å². The number of oxazole rings is 1. The fourth-order valence-corrected chi connectivity index (χ4v) is 3.88. The van der Waals surface area contributed by atoms with Crippen molar-refractivity contribution in [3.63, 3.8) is 0 Å². The van der Waals surface area contributed by atoms with E-state index in [2.05, 4.69) is 10.3 Å². The summed E-state index contributed by atoms with van der Waals surface area (Å²) in [6.07, 6.45) is -4.02. The van der Waals surface area contributed by atoms with E-state index in [1.165, 1.54) is 18.2 Å². The predicted molar refractivity (Wildman–Crippen MR) is 125 cm³/mol. The first-order valence-corrected chi connectivity index (χ1v) is 11.2. The second-order valence-corrected chi connectivity index (χ2v) is 8.15. The summed E-state index contributed by atoms with van der Waals surface area (Å²) in [5.41, 5.74) is 1.22. The number of alkyl halides is 3. The number of ketones is 1. The zero-order valence-corrected chi connectivity index (χ0v) is 18.7. The Labute approximate surface area is 200 Å². The molecule has 0 aliphatic carbocycles. The first kappa shape index (κ1) is 24.2. The van der Waals surface area contributed by atoms with Gasteiger partial charge in [0, 0.05) is 6.42 Å². The van der Waals surface area contributed by atoms with Gasteiger partial charge in [0.2, 0.25) is 11.7 Å². The zero-order chi connectivity index (χ0) is 24.8. The van der Waals surface area contributed by atoms with Crippen LogP contribution in [0.5, 0.6) is 0 Å². The van der Waals surface area contributed by atoms with E-state index in [-0.39, 0.29) is 30.7 Å². The second kappa shape index (κ2) is 10.5. The normalized spacial score (nSPS) is 12.4. The van der Waals surface area contributed by atoms with Gasteiger partial charge < -0.3 is 9.73 Å². The topological polar surface area (TPSA) is 72.2 Å². The average molecular weight is 480 g/mol. The molecule has 0 saturated heterocycles. The minimum absolute atomic E-state index is 0.0289. The Hall–Kier alpha value is -3.94. The number of para-hydroxylation sites is 2. The molecule has 5 nitrogen and oxygen atoms in total. The number of hydrogen-bond acceptors (Lipinski definition) is 4. The van der Waals surface area contributed by atoms with Crippen LogP contribution in [0.15, 0.2) is 83.3 Å². The molecule has 3 aromatic carbocycles. The Morgan fingerprint density at radius 1 is 0.886 bits per heavy atom. The molecule has 8 heteroatoms. The molecule has 1 amide bonds. The molecule has 0 spiro atoms. The molecule has 0 aliphatic heterocycles. The molecule has 1 atom stereocenters. The largest absolute Gasteiger partial charge is 0.434 e. The fraction of sp³-hybridized carbons (Fsp3) is 0.222. The maximum absolute atomic E-state index is 13.3. The van der Waals surface area contributed by atoms with Gasteiger partial charge in [-0.15, -0.1) is 0 Å². The molecule has 35 heavy (non-hydrogen) atoms. The van der Waals surface area contributed by atoms with Crippen molar-refractivity contribution in [1.82, 2.24) is 10.3 Å². The van der Waals surface area contributed by atoms with Crippen LogP contribution >= 0.6 is 0 Å². The third kappa shape index (κ3) is 6.15. The van der Waals surface area contributed by atoms with Crippen molar-refractivity contribution in [2.75, 3.05) is 0 Å². The van der Waals surface area contributed by atoms with Crippen LogP contribution in [0.25, 0.3) is 11.1 Å². The lowest BCUT2D eigenvalue weighted by molar-refractivity contribution is -0.138. The van der Waals surface area contributed by atoms with E-state index >= 15 is 0 Å². The summed E-state index contributed by atoms with van der Waals surface area (Å²) in [4.78, 5) is 30.2. The maximum Gasteiger partial charge on any atom is 0.416 e. The lowest BCUT2D eigenvalue weighted by Crippen LogP contribution is -2.41. The molecular weight excluding hydrogens is 457 g/mol. The van der Waals surface area contributed by atoms with E-state index in [1.807, 2.05) is 30.3 Å². The number of benzene rings is 3. The molecular formula is C27H23F3N2O3. The number of fused-ring (bicyclic) bond motifs is 1. The van der Waals surface area contributed by atoms with Gasteiger partial charge in [-0.1, -0.05) is 60.7 Å². The van der Waals surface area contributed by atoms with Gasteiger partial charge in [-0.3, -0.25) is 9.59 Å². The summed E-state index contributed by atoms with van der Waals surface area (Å²) in [5.74, 6) is -1.13. The minimum atomic E-state index is -4.51. The molecule has 4 rings (SSSR count). The lowest BCUT2D eigenvalue weighted by Gasteiger charge is -2.17. The number of amides is 1. The summed E-state index contributed by atoms with van der Waals surface area (Å²) < 4.78 is 45.4. The third-order valence-corrected chi connectivity index (χ3v) is 5.67. The van der Waals surface area contributed by atoms with Crippen LogP contribution in [0.1, 0.15) is 40.2 Å². The van der Waals surface area contributed by atoms with Crippen molar-refractivity contribution in [2.45, 2.75) is 37.9 Å². The number of halogens is 3. The highest BCUT2D eigenvalue weighted by Gasteiger charge is 2.33. The minimum Gasteiger partial charge on any atom is -0.434 e. The van der Waals surface area contributed by atoms with Gasteiger partial charge >= 0.3 is 6.18 Å². The Morgan fingerprint density at radius 2 is 1.57 bits per heavy atom. The van der Waals surface area contributed by atoms with Crippen LogP contribution in [-0.2, 0) is 23.8 Å². The number of carbonyl (C=O) groups is 2. The molecule has 0 fully saturated rings. The number of Topliss-reactive ketones (excluding diaryl/α,β-unsaturated/α-hetero) is 1. The highest BCUT2D eigenvalue weighted by molar-refractivity contribution is 6.00. The molecule has 1 unspecified atom stereocenters. The van der Waals surface area contributed by atoms with E-state index in [0.29, 0.717) is 17.5 Å². The maximum atomic E-state index is 13.3. The van der Waals surface area contributed by atoms with Gasteiger partial charge in [-0.25, -0.2) is 4.98 Å². The second-order valence-electron chi connectivity index (χ2n) is 8.15. The average Bonchev–Trinajstić information content (AvgIpc) is 3.29. The molecule has 0 radical (unpaired) electrons. The highest BCUT2D eigenvalue weighted by Crippen LogP contribution is 2.32. The molecule has 1 N–H and O–H groups in total. The van der Waals surface area contributed by atoms with Crippen molar-refractivity contribution < 1.29 is 27.2 Å². The quantitative estimate of drug-likeness (QED) is 0.308. The third-order valence-electron chi connectivity index (χ3n) is 5.67. The number of nitrogens with one attached hydrogen (secondary N) is 1. The van der Waals surface area contributed by atoms with E-state index in [4.69, 9.17) is 4.42 Å². The predicted octanol–water partition coefficient (Wildman–Crippen LogP) is 5.78. The van der Waals surface area contributed by atoms with Gasteiger partial charge in [0.1, 0.15) is 5.52 Å². The van der Waals surface area contributed by atoms with Crippen molar-refractivity contribution >= 4 is 22.8 Å². The van der Waals surface area contributed by atoms with Crippen molar-refractivity contribution in [3.05, 3.63) is 101 Å². The molecule has 1 heterocycles. The number of aryl methyl sites for hydroxylation is 2. The Morgan fingerprint density at radius 3 is 2.31 bits per heavy atom. The summed E-state index contributed by atoms with van der Waals surface area (Å²) in [6, 6.07) is 20.6. The standard InChI is InChI=1S/C27H23F3N2O3/c28-27(29,30)20-11-5-4-10-19(20)15-17-24(33)31-22(16-14-18-8-2-1-3-9-18)25(34)26-32-21-12-6-7-13-23(21)35-26/h1-13,22H,14-17H2,(H,31,33). The number of rotatable bonds is 9. The number of aromatic nitrogens is 1. The molecule has 0 aliphatic rings. The zero-order valence-electron chi connectivity index (χ0n) is 18.7. The number of carbonyl (C=O) groups excluding carboxylic acids is 2. The van der Waals surface area contributed by atoms with Crippen LogP contribution < -0.4 is 5.32 Å². The van der Waals surface area contributed by atoms with E-state index in [0.717, 1.165) is 11.6 Å². The number of hydrogen-bond donors (Lipinski definition) is 1. The smallest absolute Gasteiger partial charge is 0.416 e. The first-order valence-electron chi connectivity index (χ1n) is 11.2. The molecule has 0 bridgehead atoms. The van der Waals surface area contributed by atoms with Gasteiger partial charge in [-0.05, 0) is 48.6 Å². The van der Waals surface area contributed by atoms with E-state index in [9.17, 15) is 22.8 Å². The highest BCUT2D eigenvalue weighted by atomic mass is 19.4. The summed E-state index contributed by atoms with van der Waals surface area (Å²) in [7, 11) is 0. The monoisotopic (exact) mass is 480 g/mol. The molecule has 4 aromatic rings. The lowest BCUT2D eigenvalue weighted by atomic mass is 10.0. The molecule has 180 valence electrons. The van der Waals surface area contributed by atoms with Crippen LogP contribution in [0, 0.1) is 0 Å². The number of nitrogens with zero attached hydrogens (tertiary/aromatic N) is 1. The van der Waals surface area contributed by atoms with Crippen LogP contribution in [0.4, 0.5) is 13.2 Å². The Balaban J connectivity index is 1.48. The van der Waals surface area contributed by atoms with Crippen molar-refractivity contribution in [2.24, 2.45) is 0 Å². The summed E-state index contributed by atoms with van der Waals surface area (Å²) >= 11 is 0. The fourth-order valence-electron chi connectivity index (χ4n) is 3.88. The van der Waals surface area contributed by atoms with Gasteiger partial charge in [-0.2, -0.15) is 13.2 Å². The summed E-state index contributed by atoms with van der Waals surface area (Å²) in [6.45, 7) is 0. The van der Waals surface area contributed by atoms with Gasteiger partial charge in [0.25, 0.3) is 5.89 Å². The Bertz CT molecular complexity index is 1280. The van der Waals surface area contributed by atoms with Crippen LogP contribution in [0.2, 0.25) is 0 Å². The molecule has 0 saturated carbocycles. The van der Waals surface area contributed by atoms with Crippen molar-refractivity contribution in [3.8, 4) is 0 Å². The first-order chi connectivity index (χ1) is 16.8. The van der Waals surface area contributed by atoms with Crippen LogP contribution in [0.3, 0.4) is 0 Å². The van der Waals surface area contributed by atoms with Gasteiger partial charge in [0.15, 0.2) is 5.58 Å². The van der Waals surface area contributed by atoms with Crippen LogP contribution in [-0.4, -0.2) is 22.7 Å². The van der Waals surface area contributed by atoms with E-state index < -0.39 is 29.5 Å². The summed E-state index contributed by atoms with van der Waals surface area (Å²) in [5, 5.41) is 2.69. The SMILES string of the molecule is O=C(CCc1ccccc1C(F)(F)F)NC(CCc1ccccc1)C(=O)c1nc2ccccc2o1. The van der Waals surface area contributed by atoms with E-state index in [1.54, 1.807) is 24.3 Å². The molecule has 1 aromatic heterocycles.